The number of aliphatic hydroxyl groups excluding tert-OH is 2. The van der Waals surface area contributed by atoms with Crippen LogP contribution in [-0.4, -0.2) is 35.0 Å². The number of aliphatic hydroxyl groups is 2. The summed E-state index contributed by atoms with van der Waals surface area (Å²) in [5.41, 5.74) is 0.547. The van der Waals surface area contributed by atoms with Gasteiger partial charge in [-0.1, -0.05) is 6.08 Å². The molecular weight excluding hydrogens is 208 g/mol. The molecule has 0 amide bonds. The number of hydrogen-bond acceptors (Lipinski definition) is 4. The quantitative estimate of drug-likeness (QED) is 0.512. The molecule has 0 aliphatic rings. The molecule has 0 bridgehead atoms. The maximum absolute atomic E-state index is 11.4. The third-order valence-electron chi connectivity index (χ3n) is 2.13. The number of esters is 1. The highest BCUT2D eigenvalue weighted by Gasteiger charge is 2.06. The standard InChI is InChI=1S/C12H22O4/c1-9(5-4-6-10(2)13)12(15)16-8-7-11(3)14/h5,10-11,13-14H,4,6-8H2,1-3H3. The third kappa shape index (κ3) is 8.44. The number of carbonyl (C=O) groups is 1. The van der Waals surface area contributed by atoms with Crippen LogP contribution < -0.4 is 0 Å². The molecule has 0 fully saturated rings. The Kier molecular flexibility index (Phi) is 7.85. The molecule has 0 heterocycles. The first-order valence-electron chi connectivity index (χ1n) is 5.63. The van der Waals surface area contributed by atoms with Gasteiger partial charge in [-0.2, -0.15) is 0 Å². The average Bonchev–Trinajstić information content (AvgIpc) is 2.16. The molecule has 2 atom stereocenters. The maximum atomic E-state index is 11.4. The van der Waals surface area contributed by atoms with E-state index in [0.717, 1.165) is 0 Å². The van der Waals surface area contributed by atoms with Gasteiger partial charge in [-0.05, 0) is 33.6 Å². The fourth-order valence-electron chi connectivity index (χ4n) is 1.06. The largest absolute Gasteiger partial charge is 0.462 e. The minimum absolute atomic E-state index is 0.234. The van der Waals surface area contributed by atoms with Crippen molar-refractivity contribution in [2.24, 2.45) is 0 Å². The topological polar surface area (TPSA) is 66.8 Å². The molecule has 0 saturated carbocycles. The Morgan fingerprint density at radius 3 is 2.31 bits per heavy atom. The van der Waals surface area contributed by atoms with E-state index in [2.05, 4.69) is 0 Å². The molecule has 94 valence electrons. The lowest BCUT2D eigenvalue weighted by atomic mass is 10.1. The second kappa shape index (κ2) is 8.30. The summed E-state index contributed by atoms with van der Waals surface area (Å²) < 4.78 is 4.94. The molecule has 0 aromatic carbocycles. The first-order chi connectivity index (χ1) is 7.43. The van der Waals surface area contributed by atoms with Gasteiger partial charge in [0.2, 0.25) is 0 Å². The number of carbonyl (C=O) groups excluding carboxylic acids is 1. The highest BCUT2D eigenvalue weighted by atomic mass is 16.5. The van der Waals surface area contributed by atoms with Crippen molar-refractivity contribution in [2.75, 3.05) is 6.61 Å². The third-order valence-corrected chi connectivity index (χ3v) is 2.13. The van der Waals surface area contributed by atoms with Crippen LogP contribution in [0.5, 0.6) is 0 Å². The van der Waals surface area contributed by atoms with Crippen LogP contribution in [-0.2, 0) is 9.53 Å². The molecular formula is C12H22O4. The maximum Gasteiger partial charge on any atom is 0.333 e. The van der Waals surface area contributed by atoms with Crippen LogP contribution in [0.2, 0.25) is 0 Å². The predicted octanol–water partition coefficient (Wildman–Crippen LogP) is 1.41. The lowest BCUT2D eigenvalue weighted by molar-refractivity contribution is -0.139. The fraction of sp³-hybridized carbons (Fsp3) is 0.750. The molecule has 2 unspecified atom stereocenters. The lowest BCUT2D eigenvalue weighted by Crippen LogP contribution is -2.11. The van der Waals surface area contributed by atoms with Crippen LogP contribution in [0.1, 0.15) is 40.0 Å². The van der Waals surface area contributed by atoms with Crippen molar-refractivity contribution >= 4 is 5.97 Å². The van der Waals surface area contributed by atoms with E-state index in [1.165, 1.54) is 0 Å². The van der Waals surface area contributed by atoms with Gasteiger partial charge in [-0.15, -0.1) is 0 Å². The van der Waals surface area contributed by atoms with Crippen LogP contribution in [0.4, 0.5) is 0 Å². The van der Waals surface area contributed by atoms with Gasteiger partial charge < -0.3 is 14.9 Å². The summed E-state index contributed by atoms with van der Waals surface area (Å²) >= 11 is 0. The van der Waals surface area contributed by atoms with Crippen LogP contribution in [0.25, 0.3) is 0 Å². The first-order valence-corrected chi connectivity index (χ1v) is 5.63. The minimum atomic E-state index is -0.452. The van der Waals surface area contributed by atoms with Crippen molar-refractivity contribution < 1.29 is 19.7 Å². The van der Waals surface area contributed by atoms with Crippen molar-refractivity contribution in [3.05, 3.63) is 11.6 Å². The van der Waals surface area contributed by atoms with Crippen molar-refractivity contribution in [1.82, 2.24) is 0 Å². The van der Waals surface area contributed by atoms with Gasteiger partial charge in [0, 0.05) is 12.0 Å². The zero-order valence-electron chi connectivity index (χ0n) is 10.3. The molecule has 0 rings (SSSR count). The Bertz CT molecular complexity index is 231. The van der Waals surface area contributed by atoms with Crippen LogP contribution in [0.15, 0.2) is 11.6 Å². The van der Waals surface area contributed by atoms with Gasteiger partial charge in [-0.3, -0.25) is 0 Å². The van der Waals surface area contributed by atoms with Crippen LogP contribution in [0.3, 0.4) is 0 Å². The summed E-state index contributed by atoms with van der Waals surface area (Å²) in [7, 11) is 0. The molecule has 4 heteroatoms. The van der Waals surface area contributed by atoms with E-state index in [4.69, 9.17) is 14.9 Å². The van der Waals surface area contributed by atoms with Crippen LogP contribution in [0, 0.1) is 0 Å². The second-order valence-electron chi connectivity index (χ2n) is 4.09. The highest BCUT2D eigenvalue weighted by Crippen LogP contribution is 2.04. The second-order valence-corrected chi connectivity index (χ2v) is 4.09. The van der Waals surface area contributed by atoms with Crippen LogP contribution >= 0.6 is 0 Å². The van der Waals surface area contributed by atoms with Crippen molar-refractivity contribution in [1.29, 1.82) is 0 Å². The van der Waals surface area contributed by atoms with E-state index in [-0.39, 0.29) is 18.7 Å². The Hall–Kier alpha value is -0.870. The van der Waals surface area contributed by atoms with E-state index in [9.17, 15) is 4.79 Å². The number of rotatable bonds is 7. The summed E-state index contributed by atoms with van der Waals surface area (Å²) in [6, 6.07) is 0. The van der Waals surface area contributed by atoms with Gasteiger partial charge in [0.1, 0.15) is 0 Å². The molecule has 16 heavy (non-hydrogen) atoms. The van der Waals surface area contributed by atoms with Crippen molar-refractivity contribution in [3.8, 4) is 0 Å². The summed E-state index contributed by atoms with van der Waals surface area (Å²) in [4.78, 5) is 11.4. The molecule has 4 nitrogen and oxygen atoms in total. The van der Waals surface area contributed by atoms with Gasteiger partial charge >= 0.3 is 5.97 Å². The van der Waals surface area contributed by atoms with Gasteiger partial charge in [0.05, 0.1) is 18.8 Å². The predicted molar refractivity (Wildman–Crippen MR) is 61.9 cm³/mol. The molecule has 0 aliphatic heterocycles. The smallest absolute Gasteiger partial charge is 0.333 e. The minimum Gasteiger partial charge on any atom is -0.462 e. The first kappa shape index (κ1) is 15.1. The van der Waals surface area contributed by atoms with Crippen molar-refractivity contribution in [3.63, 3.8) is 0 Å². The van der Waals surface area contributed by atoms with E-state index >= 15 is 0 Å². The fourth-order valence-corrected chi connectivity index (χ4v) is 1.06. The molecule has 0 radical (unpaired) electrons. The molecule has 0 saturated heterocycles. The summed E-state index contributed by atoms with van der Waals surface area (Å²) in [6.07, 6.45) is 2.71. The molecule has 0 aromatic rings. The SMILES string of the molecule is CC(=CCCC(C)O)C(=O)OCCC(C)O. The normalized spacial score (nSPS) is 15.7. The van der Waals surface area contributed by atoms with Crippen molar-refractivity contribution in [2.45, 2.75) is 52.2 Å². The number of allylic oxidation sites excluding steroid dienone is 1. The highest BCUT2D eigenvalue weighted by molar-refractivity contribution is 5.87. The summed E-state index contributed by atoms with van der Waals surface area (Å²) in [5, 5.41) is 18.0. The van der Waals surface area contributed by atoms with Gasteiger partial charge in [-0.25, -0.2) is 4.79 Å². The van der Waals surface area contributed by atoms with E-state index in [1.54, 1.807) is 26.8 Å². The van der Waals surface area contributed by atoms with E-state index in [1.807, 2.05) is 0 Å². The van der Waals surface area contributed by atoms with Gasteiger partial charge in [0.15, 0.2) is 0 Å². The molecule has 2 N–H and O–H groups in total. The average molecular weight is 230 g/mol. The number of hydrogen-bond donors (Lipinski definition) is 2. The van der Waals surface area contributed by atoms with E-state index < -0.39 is 6.10 Å². The van der Waals surface area contributed by atoms with E-state index in [0.29, 0.717) is 24.8 Å². The summed E-state index contributed by atoms with van der Waals surface area (Å²) in [6.45, 7) is 5.29. The monoisotopic (exact) mass is 230 g/mol. The summed E-state index contributed by atoms with van der Waals surface area (Å²) in [5.74, 6) is -0.355. The molecule has 0 spiro atoms. The molecule has 0 aromatic heterocycles. The Labute approximate surface area is 96.9 Å². The lowest BCUT2D eigenvalue weighted by Gasteiger charge is -2.06. The Balaban J connectivity index is 3.80. The zero-order valence-corrected chi connectivity index (χ0v) is 10.3. The molecule has 0 aliphatic carbocycles. The Morgan fingerprint density at radius 2 is 1.81 bits per heavy atom. The Morgan fingerprint density at radius 1 is 1.25 bits per heavy atom. The number of ether oxygens (including phenoxy) is 1. The zero-order chi connectivity index (χ0) is 12.6. The van der Waals surface area contributed by atoms with Gasteiger partial charge in [0.25, 0.3) is 0 Å².